The number of unbranched alkanes of at least 4 members (excludes halogenated alkanes) is 2. The molecule has 1 spiro atoms. The van der Waals surface area contributed by atoms with E-state index in [9.17, 15) is 15.3 Å². The van der Waals surface area contributed by atoms with Gasteiger partial charge in [-0.25, -0.2) is 0 Å². The fraction of sp³-hybridized carbons (Fsp3) is 0.510. The second-order valence-corrected chi connectivity index (χ2v) is 17.8. The van der Waals surface area contributed by atoms with Gasteiger partial charge in [-0.05, 0) is 120 Å². The molecule has 5 aliphatic rings. The minimum atomic E-state index is -0.596. The number of aliphatic hydroxyl groups excluding tert-OH is 2. The van der Waals surface area contributed by atoms with Crippen LogP contribution in [0.15, 0.2) is 78.6 Å². The van der Waals surface area contributed by atoms with Gasteiger partial charge >= 0.3 is 0 Å². The first kappa shape index (κ1) is 39.3. The molecule has 2 fully saturated rings. The van der Waals surface area contributed by atoms with Gasteiger partial charge < -0.3 is 45.1 Å². The van der Waals surface area contributed by atoms with Gasteiger partial charge in [0.1, 0.15) is 12.4 Å². The number of hydrogen-bond donors (Lipinski definition) is 5. The van der Waals surface area contributed by atoms with E-state index in [1.807, 2.05) is 12.1 Å². The molecule has 6 N–H and O–H groups in total. The lowest BCUT2D eigenvalue weighted by molar-refractivity contribution is -0.00873. The Bertz CT molecular complexity index is 2180. The second kappa shape index (κ2) is 16.5. The first-order valence-electron chi connectivity index (χ1n) is 21.9. The van der Waals surface area contributed by atoms with Crippen LogP contribution < -0.4 is 15.8 Å². The van der Waals surface area contributed by atoms with Crippen molar-refractivity contribution in [2.45, 2.75) is 133 Å². The molecular weight excluding hydrogens is 727 g/mol. The zero-order valence-electron chi connectivity index (χ0n) is 34.1. The molecule has 5 atom stereocenters. The number of aryl methyl sites for hydroxylation is 1. The highest BCUT2D eigenvalue weighted by molar-refractivity contribution is 5.88. The van der Waals surface area contributed by atoms with Gasteiger partial charge in [-0.2, -0.15) is 0 Å². The van der Waals surface area contributed by atoms with Crippen LogP contribution in [0.1, 0.15) is 117 Å². The number of aromatic hydroxyl groups is 1. The maximum absolute atomic E-state index is 11.3. The summed E-state index contributed by atoms with van der Waals surface area (Å²) in [4.78, 5) is 0. The first-order valence-corrected chi connectivity index (χ1v) is 21.9. The van der Waals surface area contributed by atoms with Crippen LogP contribution in [0.2, 0.25) is 0 Å². The monoisotopic (exact) mass is 787 g/mol. The molecule has 4 bridgehead atoms. The Labute approximate surface area is 342 Å². The molecule has 9 heteroatoms. The smallest absolute Gasteiger partial charge is 0.161 e. The maximum atomic E-state index is 11.3. The van der Waals surface area contributed by atoms with Crippen molar-refractivity contribution in [2.75, 3.05) is 19.8 Å². The van der Waals surface area contributed by atoms with E-state index in [-0.39, 0.29) is 42.1 Å². The van der Waals surface area contributed by atoms with E-state index in [4.69, 9.17) is 19.9 Å². The number of ether oxygens (including phenoxy) is 3. The zero-order valence-corrected chi connectivity index (χ0v) is 34.1. The molecule has 0 amide bonds. The molecule has 5 unspecified atom stereocenters. The van der Waals surface area contributed by atoms with Crippen LogP contribution in [0.25, 0.3) is 16.6 Å². The van der Waals surface area contributed by atoms with Crippen LogP contribution in [0.5, 0.6) is 11.5 Å². The largest absolute Gasteiger partial charge is 0.504 e. The van der Waals surface area contributed by atoms with Crippen LogP contribution in [0.4, 0.5) is 0 Å². The van der Waals surface area contributed by atoms with Gasteiger partial charge in [0.25, 0.3) is 0 Å². The summed E-state index contributed by atoms with van der Waals surface area (Å²) in [6, 6.07) is 17.5. The number of dihydropyridines is 1. The van der Waals surface area contributed by atoms with E-state index >= 15 is 0 Å². The molecule has 9 rings (SSSR count). The summed E-state index contributed by atoms with van der Waals surface area (Å²) in [5.74, 6) is 1.57. The average molecular weight is 788 g/mol. The number of nitrogens with zero attached hydrogens (tertiary/aromatic N) is 1. The lowest BCUT2D eigenvalue weighted by Gasteiger charge is -2.54. The van der Waals surface area contributed by atoms with Crippen molar-refractivity contribution in [3.05, 3.63) is 112 Å². The Morgan fingerprint density at radius 1 is 0.983 bits per heavy atom. The lowest BCUT2D eigenvalue weighted by atomic mass is 9.51. The van der Waals surface area contributed by atoms with Crippen LogP contribution in [0, 0.1) is 5.92 Å². The fourth-order valence-electron chi connectivity index (χ4n) is 11.3. The Balaban J connectivity index is 1.20. The minimum Gasteiger partial charge on any atom is -0.504 e. The predicted octanol–water partition coefficient (Wildman–Crippen LogP) is 8.23. The normalized spacial score (nSPS) is 27.0. The predicted molar refractivity (Wildman–Crippen MR) is 228 cm³/mol. The molecule has 3 aromatic carbocycles. The Morgan fingerprint density at radius 3 is 2.66 bits per heavy atom. The van der Waals surface area contributed by atoms with Crippen LogP contribution in [-0.4, -0.2) is 58.1 Å². The first-order chi connectivity index (χ1) is 28.3. The number of nitrogens with one attached hydrogen (secondary N) is 1. The topological polar surface area (TPSA) is 131 Å². The molecule has 3 aliphatic heterocycles. The molecule has 1 aromatic heterocycles. The molecule has 4 heterocycles. The van der Waals surface area contributed by atoms with Crippen molar-refractivity contribution in [1.29, 1.82) is 0 Å². The van der Waals surface area contributed by atoms with Gasteiger partial charge in [0, 0.05) is 40.8 Å². The molecule has 0 radical (unpaired) electrons. The highest BCUT2D eigenvalue weighted by Crippen LogP contribution is 2.60. The number of benzene rings is 3. The van der Waals surface area contributed by atoms with E-state index in [0.29, 0.717) is 49.7 Å². The summed E-state index contributed by atoms with van der Waals surface area (Å²) in [5, 5.41) is 38.6. The zero-order chi connectivity index (χ0) is 39.9. The van der Waals surface area contributed by atoms with E-state index in [1.165, 1.54) is 42.4 Å². The third kappa shape index (κ3) is 7.27. The number of aromatic nitrogens is 1. The molecule has 1 saturated carbocycles. The molecule has 4 aromatic rings. The van der Waals surface area contributed by atoms with E-state index in [1.54, 1.807) is 6.07 Å². The Kier molecular flexibility index (Phi) is 11.2. The van der Waals surface area contributed by atoms with Crippen molar-refractivity contribution < 1.29 is 29.5 Å². The van der Waals surface area contributed by atoms with Gasteiger partial charge in [0.15, 0.2) is 11.5 Å². The third-order valence-electron chi connectivity index (χ3n) is 14.3. The number of nitrogens with two attached hydrogens (primary N) is 1. The summed E-state index contributed by atoms with van der Waals surface area (Å²) >= 11 is 0. The van der Waals surface area contributed by atoms with E-state index < -0.39 is 6.10 Å². The van der Waals surface area contributed by atoms with Gasteiger partial charge in [0.05, 0.1) is 38.2 Å². The number of rotatable bonds is 6. The van der Waals surface area contributed by atoms with Crippen molar-refractivity contribution in [2.24, 2.45) is 11.7 Å². The quantitative estimate of drug-likeness (QED) is 0.124. The second-order valence-electron chi connectivity index (χ2n) is 17.8. The molecular formula is C49H61N3O6. The molecule has 9 nitrogen and oxygen atoms in total. The SMILES string of the molecule is CCCCCC1CC(O)CCc2cc(c(O)cc2CO)OCc2cc(C34CCOCC3CC3(CCCC3)c3ccccc34)cc3cn(cc23)C2=C(C=CC(N)N2)CO1. The minimum absolute atomic E-state index is 0.00903. The van der Waals surface area contributed by atoms with Gasteiger partial charge in [0.2, 0.25) is 0 Å². The van der Waals surface area contributed by atoms with Crippen molar-refractivity contribution in [1.82, 2.24) is 9.88 Å². The van der Waals surface area contributed by atoms with Gasteiger partial charge in [-0.15, -0.1) is 0 Å². The van der Waals surface area contributed by atoms with E-state index in [0.717, 1.165) is 78.4 Å². The third-order valence-corrected chi connectivity index (χ3v) is 14.3. The van der Waals surface area contributed by atoms with E-state index in [2.05, 4.69) is 71.7 Å². The summed E-state index contributed by atoms with van der Waals surface area (Å²) in [6.45, 7) is 4.04. The summed E-state index contributed by atoms with van der Waals surface area (Å²) in [7, 11) is 0. The standard InChI is InChI=1S/C49H61N3O6/c1-2-3-4-9-40-24-39(54)14-12-32-23-45(44(55)22-35(32)28-53)58-30-36-21-37(20-34-26-52(27-41(34)36)47-33(29-57-40)13-15-46(50)51-47)49-18-19-56-31-38(49)25-48(16-7-8-17-48)42-10-5-6-11-43(42)49/h5-6,10-11,13,15,20-23,26-27,38-40,46,51,53-55H,2-4,7-9,12,14,16-19,24-25,28-31,50H2,1H3. The lowest BCUT2D eigenvalue weighted by Crippen LogP contribution is -2.51. The fourth-order valence-corrected chi connectivity index (χ4v) is 11.3. The van der Waals surface area contributed by atoms with Crippen molar-refractivity contribution in [3.63, 3.8) is 0 Å². The van der Waals surface area contributed by atoms with Crippen molar-refractivity contribution >= 4 is 16.6 Å². The van der Waals surface area contributed by atoms with Crippen molar-refractivity contribution in [3.8, 4) is 11.5 Å². The maximum Gasteiger partial charge on any atom is 0.161 e. The average Bonchev–Trinajstić information content (AvgIpc) is 3.90. The number of aliphatic hydroxyl groups is 2. The molecule has 58 heavy (non-hydrogen) atoms. The van der Waals surface area contributed by atoms with Gasteiger partial charge in [-0.1, -0.05) is 75.4 Å². The van der Waals surface area contributed by atoms with Gasteiger partial charge in [-0.3, -0.25) is 0 Å². The highest BCUT2D eigenvalue weighted by Gasteiger charge is 2.55. The summed E-state index contributed by atoms with van der Waals surface area (Å²) < 4.78 is 21.8. The van der Waals surface area contributed by atoms with Crippen LogP contribution in [0.3, 0.4) is 0 Å². The highest BCUT2D eigenvalue weighted by atomic mass is 16.5. The van der Waals surface area contributed by atoms with Crippen LogP contribution in [-0.2, 0) is 39.9 Å². The summed E-state index contributed by atoms with van der Waals surface area (Å²) in [5.41, 5.74) is 14.3. The molecule has 2 aliphatic carbocycles. The Hall–Kier alpha value is -4.12. The van der Waals surface area contributed by atoms with Crippen LogP contribution >= 0.6 is 0 Å². The number of phenols is 1. The molecule has 308 valence electrons. The number of hydrogen-bond acceptors (Lipinski definition) is 8. The number of fused-ring (bicyclic) bond motifs is 8. The Morgan fingerprint density at radius 2 is 1.83 bits per heavy atom. The summed E-state index contributed by atoms with van der Waals surface area (Å²) in [6.07, 6.45) is 20.0. The number of phenolic OH excluding ortho intramolecular Hbond substituents is 1. The molecule has 1 saturated heterocycles.